The summed E-state index contributed by atoms with van der Waals surface area (Å²) >= 11 is 0. The normalized spacial score (nSPS) is 16.7. The van der Waals surface area contributed by atoms with Crippen LogP contribution >= 0.6 is 0 Å². The third-order valence-corrected chi connectivity index (χ3v) is 4.85. The average Bonchev–Trinajstić information content (AvgIpc) is 3.26. The minimum atomic E-state index is -0.237. The van der Waals surface area contributed by atoms with E-state index in [4.69, 9.17) is 0 Å². The van der Waals surface area contributed by atoms with Crippen LogP contribution in [-0.2, 0) is 11.3 Å². The van der Waals surface area contributed by atoms with Crippen LogP contribution < -0.4 is 15.5 Å². The summed E-state index contributed by atoms with van der Waals surface area (Å²) in [6, 6.07) is 19.3. The second-order valence-electron chi connectivity index (χ2n) is 6.71. The summed E-state index contributed by atoms with van der Waals surface area (Å²) in [6.45, 7) is 1.72. The van der Waals surface area contributed by atoms with Crippen LogP contribution in [0.3, 0.4) is 0 Å². The molecule has 0 radical (unpaired) electrons. The minimum absolute atomic E-state index is 0.0327. The third kappa shape index (κ3) is 3.79. The summed E-state index contributed by atoms with van der Waals surface area (Å²) < 4.78 is 2.12. The van der Waals surface area contributed by atoms with Crippen molar-refractivity contribution in [3.63, 3.8) is 0 Å². The summed E-state index contributed by atoms with van der Waals surface area (Å²) in [5.41, 5.74) is 2.02. The van der Waals surface area contributed by atoms with Gasteiger partial charge in [-0.25, -0.2) is 4.79 Å². The lowest BCUT2D eigenvalue weighted by molar-refractivity contribution is -0.117. The number of anilines is 1. The van der Waals surface area contributed by atoms with Crippen LogP contribution in [0.4, 0.5) is 10.5 Å². The van der Waals surface area contributed by atoms with Crippen molar-refractivity contribution < 1.29 is 9.59 Å². The molecule has 2 heterocycles. The Labute approximate surface area is 157 Å². The van der Waals surface area contributed by atoms with Gasteiger partial charge in [0.25, 0.3) is 0 Å². The number of carbonyl (C=O) groups is 2. The zero-order valence-corrected chi connectivity index (χ0v) is 15.0. The Morgan fingerprint density at radius 3 is 2.67 bits per heavy atom. The number of amides is 3. The molecule has 27 heavy (non-hydrogen) atoms. The Kier molecular flexibility index (Phi) is 4.78. The fourth-order valence-corrected chi connectivity index (χ4v) is 3.52. The van der Waals surface area contributed by atoms with Crippen molar-refractivity contribution >= 4 is 28.5 Å². The lowest BCUT2D eigenvalue weighted by atomic mass is 10.2. The topological polar surface area (TPSA) is 66.4 Å². The molecular formula is C21H22N4O2. The first-order chi connectivity index (χ1) is 13.2. The zero-order valence-electron chi connectivity index (χ0n) is 15.0. The Morgan fingerprint density at radius 2 is 1.81 bits per heavy atom. The first kappa shape index (κ1) is 17.1. The van der Waals surface area contributed by atoms with Crippen LogP contribution in [0, 0.1) is 0 Å². The van der Waals surface area contributed by atoms with Crippen molar-refractivity contribution in [2.45, 2.75) is 19.0 Å². The molecule has 2 N–H and O–H groups in total. The van der Waals surface area contributed by atoms with Crippen molar-refractivity contribution in [1.29, 1.82) is 0 Å². The molecule has 6 heteroatoms. The van der Waals surface area contributed by atoms with Gasteiger partial charge < -0.3 is 20.1 Å². The van der Waals surface area contributed by atoms with Crippen molar-refractivity contribution in [3.05, 3.63) is 66.9 Å². The molecule has 1 aliphatic heterocycles. The molecule has 3 amide bonds. The van der Waals surface area contributed by atoms with Gasteiger partial charge in [0.2, 0.25) is 5.91 Å². The number of nitrogens with one attached hydrogen (secondary N) is 2. The number of fused-ring (bicyclic) bond motifs is 1. The number of hydrogen-bond acceptors (Lipinski definition) is 2. The van der Waals surface area contributed by atoms with Gasteiger partial charge in [0.1, 0.15) is 0 Å². The fourth-order valence-electron chi connectivity index (χ4n) is 3.52. The number of benzene rings is 2. The Bertz CT molecular complexity index is 951. The molecule has 1 unspecified atom stereocenters. The first-order valence-electron chi connectivity index (χ1n) is 9.14. The molecule has 0 spiro atoms. The van der Waals surface area contributed by atoms with Crippen LogP contribution in [0.5, 0.6) is 0 Å². The minimum Gasteiger partial charge on any atom is -0.346 e. The third-order valence-electron chi connectivity index (χ3n) is 4.85. The van der Waals surface area contributed by atoms with Gasteiger partial charge in [-0.15, -0.1) is 0 Å². The largest absolute Gasteiger partial charge is 0.346 e. The number of urea groups is 1. The summed E-state index contributed by atoms with van der Waals surface area (Å²) in [7, 11) is 0. The van der Waals surface area contributed by atoms with Crippen molar-refractivity contribution in [3.8, 4) is 0 Å². The molecule has 1 aromatic heterocycles. The molecule has 1 atom stereocenters. The molecule has 0 saturated carbocycles. The van der Waals surface area contributed by atoms with Crippen LogP contribution in [-0.4, -0.2) is 35.6 Å². The molecule has 1 aliphatic rings. The standard InChI is InChI=1S/C21H22N4O2/c26-20-14-17(15-25(20)18-7-2-1-3-8-18)23-21(27)22-11-13-24-12-10-16-6-4-5-9-19(16)24/h1-10,12,17H,11,13-15H2,(H2,22,23,27). The highest BCUT2D eigenvalue weighted by molar-refractivity contribution is 5.96. The second kappa shape index (κ2) is 7.53. The molecule has 138 valence electrons. The number of rotatable bonds is 5. The Morgan fingerprint density at radius 1 is 1.04 bits per heavy atom. The van der Waals surface area contributed by atoms with E-state index in [1.54, 1.807) is 4.90 Å². The monoisotopic (exact) mass is 362 g/mol. The maximum Gasteiger partial charge on any atom is 0.315 e. The van der Waals surface area contributed by atoms with Crippen molar-refractivity contribution in [2.24, 2.45) is 0 Å². The average molecular weight is 362 g/mol. The number of hydrogen-bond donors (Lipinski definition) is 2. The van der Waals surface area contributed by atoms with Gasteiger partial charge in [-0.05, 0) is 29.7 Å². The lowest BCUT2D eigenvalue weighted by Gasteiger charge is -2.17. The fraction of sp³-hybridized carbons (Fsp3) is 0.238. The summed E-state index contributed by atoms with van der Waals surface area (Å²) in [4.78, 5) is 26.1. The number of nitrogens with zero attached hydrogens (tertiary/aromatic N) is 2. The SMILES string of the molecule is O=C(NCCn1ccc2ccccc21)NC1CC(=O)N(c2ccccc2)C1. The maximum absolute atomic E-state index is 12.2. The van der Waals surface area contributed by atoms with Gasteiger partial charge in [0.05, 0.1) is 6.04 Å². The lowest BCUT2D eigenvalue weighted by Crippen LogP contribution is -2.44. The molecule has 3 aromatic rings. The van der Waals surface area contributed by atoms with Crippen molar-refractivity contribution in [1.82, 2.24) is 15.2 Å². The smallest absolute Gasteiger partial charge is 0.315 e. The van der Waals surface area contributed by atoms with Gasteiger partial charge in [-0.2, -0.15) is 0 Å². The van der Waals surface area contributed by atoms with Crippen LogP contribution in [0.25, 0.3) is 10.9 Å². The second-order valence-corrected chi connectivity index (χ2v) is 6.71. The predicted molar refractivity (Wildman–Crippen MR) is 106 cm³/mol. The number of para-hydroxylation sites is 2. The summed E-state index contributed by atoms with van der Waals surface area (Å²) in [6.07, 6.45) is 2.35. The highest BCUT2D eigenvalue weighted by Gasteiger charge is 2.31. The van der Waals surface area contributed by atoms with E-state index in [-0.39, 0.29) is 18.0 Å². The first-order valence-corrected chi connectivity index (χ1v) is 9.14. The zero-order chi connectivity index (χ0) is 18.6. The molecule has 1 saturated heterocycles. The summed E-state index contributed by atoms with van der Waals surface area (Å²) in [5.74, 6) is 0.0327. The molecule has 0 bridgehead atoms. The molecule has 6 nitrogen and oxygen atoms in total. The quantitative estimate of drug-likeness (QED) is 0.733. The van der Waals surface area contributed by atoms with E-state index in [1.165, 1.54) is 5.39 Å². The van der Waals surface area contributed by atoms with Gasteiger partial charge >= 0.3 is 6.03 Å². The van der Waals surface area contributed by atoms with Gasteiger partial charge in [0.15, 0.2) is 0 Å². The van der Waals surface area contributed by atoms with Gasteiger partial charge in [0, 0.05) is 43.5 Å². The number of aromatic nitrogens is 1. The van der Waals surface area contributed by atoms with Crippen molar-refractivity contribution in [2.75, 3.05) is 18.0 Å². The Balaban J connectivity index is 1.27. The maximum atomic E-state index is 12.2. The van der Waals surface area contributed by atoms with E-state index in [2.05, 4.69) is 33.4 Å². The molecular weight excluding hydrogens is 340 g/mol. The van der Waals surface area contributed by atoms with E-state index in [0.717, 1.165) is 11.2 Å². The number of carbonyl (C=O) groups excluding carboxylic acids is 2. The molecule has 4 rings (SSSR count). The van der Waals surface area contributed by atoms with E-state index in [9.17, 15) is 9.59 Å². The predicted octanol–water partition coefficient (Wildman–Crippen LogP) is 2.75. The van der Waals surface area contributed by atoms with E-state index >= 15 is 0 Å². The van der Waals surface area contributed by atoms with E-state index in [1.807, 2.05) is 48.7 Å². The van der Waals surface area contributed by atoms with Crippen LogP contribution in [0.15, 0.2) is 66.9 Å². The van der Waals surface area contributed by atoms with E-state index < -0.39 is 0 Å². The molecule has 1 fully saturated rings. The van der Waals surface area contributed by atoms with Gasteiger partial charge in [-0.1, -0.05) is 36.4 Å². The van der Waals surface area contributed by atoms with Crippen LogP contribution in [0.1, 0.15) is 6.42 Å². The molecule has 2 aromatic carbocycles. The highest BCUT2D eigenvalue weighted by atomic mass is 16.2. The van der Waals surface area contributed by atoms with Gasteiger partial charge in [-0.3, -0.25) is 4.79 Å². The summed E-state index contributed by atoms with van der Waals surface area (Å²) in [5, 5.41) is 6.97. The van der Waals surface area contributed by atoms with E-state index in [0.29, 0.717) is 26.1 Å². The molecule has 0 aliphatic carbocycles. The Hall–Kier alpha value is -3.28. The highest BCUT2D eigenvalue weighted by Crippen LogP contribution is 2.21. The van der Waals surface area contributed by atoms with Crippen LogP contribution in [0.2, 0.25) is 0 Å².